The van der Waals surface area contributed by atoms with Crippen LogP contribution in [-0.4, -0.2) is 27.0 Å². The van der Waals surface area contributed by atoms with Crippen molar-refractivity contribution >= 4 is 49.0 Å². The molecule has 4 aromatic rings. The Bertz CT molecular complexity index is 993. The Morgan fingerprint density at radius 3 is 2.59 bits per heavy atom. The van der Waals surface area contributed by atoms with Gasteiger partial charge in [0.05, 0.1) is 23.7 Å². The van der Waals surface area contributed by atoms with Gasteiger partial charge >= 0.3 is 0 Å². The standard InChI is InChI=1S/C17H14BrN3O/c1-22-11-6-7-15-12(10-11)16-17(21(15)9-8-18)20-14-5-3-2-4-13(14)19-16/h2-7,10H,8-9H2,1H3. The van der Waals surface area contributed by atoms with Gasteiger partial charge in [0, 0.05) is 17.3 Å². The maximum atomic E-state index is 5.36. The Morgan fingerprint density at radius 2 is 1.86 bits per heavy atom. The van der Waals surface area contributed by atoms with Crippen LogP contribution in [0.15, 0.2) is 42.5 Å². The normalized spacial score (nSPS) is 11.5. The molecule has 0 unspecified atom stereocenters. The van der Waals surface area contributed by atoms with Gasteiger partial charge in [-0.3, -0.25) is 0 Å². The highest BCUT2D eigenvalue weighted by Gasteiger charge is 2.14. The number of halogens is 1. The van der Waals surface area contributed by atoms with Crippen LogP contribution < -0.4 is 4.74 Å². The molecule has 2 aromatic heterocycles. The number of benzene rings is 2. The summed E-state index contributed by atoms with van der Waals surface area (Å²) in [5.41, 5.74) is 4.80. The van der Waals surface area contributed by atoms with Crippen molar-refractivity contribution in [1.82, 2.24) is 14.5 Å². The predicted octanol–water partition coefficient (Wildman–Crippen LogP) is 4.14. The molecule has 0 aliphatic rings. The number of alkyl halides is 1. The first-order valence-corrected chi connectivity index (χ1v) is 8.22. The molecule has 5 heteroatoms. The van der Waals surface area contributed by atoms with E-state index in [-0.39, 0.29) is 0 Å². The van der Waals surface area contributed by atoms with Crippen LogP contribution in [-0.2, 0) is 6.54 Å². The number of para-hydroxylation sites is 2. The minimum absolute atomic E-state index is 0.834. The molecule has 0 bridgehead atoms. The maximum Gasteiger partial charge on any atom is 0.160 e. The zero-order valence-electron chi connectivity index (χ0n) is 12.1. The molecule has 2 heterocycles. The molecule has 0 amide bonds. The molecule has 110 valence electrons. The van der Waals surface area contributed by atoms with E-state index < -0.39 is 0 Å². The number of nitrogens with zero attached hydrogens (tertiary/aromatic N) is 3. The molecule has 4 nitrogen and oxygen atoms in total. The van der Waals surface area contributed by atoms with E-state index in [1.54, 1.807) is 7.11 Å². The van der Waals surface area contributed by atoms with Crippen LogP contribution in [0.25, 0.3) is 33.1 Å². The molecule has 0 aliphatic carbocycles. The summed E-state index contributed by atoms with van der Waals surface area (Å²) in [5.74, 6) is 0.834. The summed E-state index contributed by atoms with van der Waals surface area (Å²) in [6.45, 7) is 0.847. The molecule has 0 saturated heterocycles. The lowest BCUT2D eigenvalue weighted by Crippen LogP contribution is -2.00. The number of rotatable bonds is 3. The van der Waals surface area contributed by atoms with Crippen molar-refractivity contribution in [2.24, 2.45) is 0 Å². The topological polar surface area (TPSA) is 39.9 Å². The predicted molar refractivity (Wildman–Crippen MR) is 92.9 cm³/mol. The molecule has 0 aliphatic heterocycles. The molecule has 22 heavy (non-hydrogen) atoms. The van der Waals surface area contributed by atoms with Crippen LogP contribution in [0.5, 0.6) is 5.75 Å². The summed E-state index contributed by atoms with van der Waals surface area (Å²) in [6.07, 6.45) is 0. The third-order valence-electron chi connectivity index (χ3n) is 3.87. The SMILES string of the molecule is COc1ccc2c(c1)c1nc3ccccc3nc1n2CCBr. The fraction of sp³-hybridized carbons (Fsp3) is 0.176. The van der Waals surface area contributed by atoms with Gasteiger partial charge in [0.1, 0.15) is 11.3 Å². The zero-order valence-corrected chi connectivity index (χ0v) is 13.7. The van der Waals surface area contributed by atoms with Crippen molar-refractivity contribution in [1.29, 1.82) is 0 Å². The van der Waals surface area contributed by atoms with Gasteiger partial charge in [-0.25, -0.2) is 9.97 Å². The van der Waals surface area contributed by atoms with Crippen molar-refractivity contribution in [2.75, 3.05) is 12.4 Å². The van der Waals surface area contributed by atoms with Crippen LogP contribution in [0, 0.1) is 0 Å². The number of aromatic nitrogens is 3. The van der Waals surface area contributed by atoms with Crippen LogP contribution in [0.4, 0.5) is 0 Å². The minimum atomic E-state index is 0.834. The van der Waals surface area contributed by atoms with Gasteiger partial charge in [-0.2, -0.15) is 0 Å². The van der Waals surface area contributed by atoms with E-state index in [4.69, 9.17) is 14.7 Å². The average Bonchev–Trinajstić information content (AvgIpc) is 2.86. The molecule has 0 spiro atoms. The Balaban J connectivity index is 2.17. The number of hydrogen-bond acceptors (Lipinski definition) is 3. The lowest BCUT2D eigenvalue weighted by atomic mass is 10.2. The fourth-order valence-electron chi connectivity index (χ4n) is 2.85. The molecular formula is C17H14BrN3O. The molecule has 2 aromatic carbocycles. The largest absolute Gasteiger partial charge is 0.497 e. The van der Waals surface area contributed by atoms with E-state index >= 15 is 0 Å². The quantitative estimate of drug-likeness (QED) is 0.518. The second kappa shape index (κ2) is 5.25. The number of fused-ring (bicyclic) bond motifs is 4. The van der Waals surface area contributed by atoms with Crippen molar-refractivity contribution in [2.45, 2.75) is 6.54 Å². The van der Waals surface area contributed by atoms with Gasteiger partial charge in [-0.15, -0.1) is 0 Å². The van der Waals surface area contributed by atoms with Crippen LogP contribution in [0.2, 0.25) is 0 Å². The summed E-state index contributed by atoms with van der Waals surface area (Å²) < 4.78 is 7.57. The first-order valence-electron chi connectivity index (χ1n) is 7.10. The zero-order chi connectivity index (χ0) is 15.1. The number of methoxy groups -OCH3 is 1. The van der Waals surface area contributed by atoms with Crippen molar-refractivity contribution < 1.29 is 4.74 Å². The second-order valence-corrected chi connectivity index (χ2v) is 5.90. The first kappa shape index (κ1) is 13.5. The number of aryl methyl sites for hydroxylation is 1. The van der Waals surface area contributed by atoms with Crippen molar-refractivity contribution in [3.8, 4) is 5.75 Å². The monoisotopic (exact) mass is 355 g/mol. The summed E-state index contributed by atoms with van der Waals surface area (Å²) in [5, 5.41) is 1.94. The first-order chi connectivity index (χ1) is 10.8. The van der Waals surface area contributed by atoms with Crippen LogP contribution in [0.3, 0.4) is 0 Å². The highest BCUT2D eigenvalue weighted by molar-refractivity contribution is 9.09. The van der Waals surface area contributed by atoms with Crippen molar-refractivity contribution in [3.05, 3.63) is 42.5 Å². The highest BCUT2D eigenvalue weighted by atomic mass is 79.9. The molecule has 4 rings (SSSR count). The Kier molecular flexibility index (Phi) is 3.22. The summed E-state index contributed by atoms with van der Waals surface area (Å²) in [6, 6.07) is 14.1. The third-order valence-corrected chi connectivity index (χ3v) is 4.22. The van der Waals surface area contributed by atoms with E-state index in [1.165, 1.54) is 0 Å². The Labute approximate surface area is 135 Å². The van der Waals surface area contributed by atoms with E-state index in [0.717, 1.165) is 50.7 Å². The summed E-state index contributed by atoms with van der Waals surface area (Å²) in [7, 11) is 1.68. The maximum absolute atomic E-state index is 5.36. The van der Waals surface area contributed by atoms with E-state index in [1.807, 2.05) is 36.4 Å². The van der Waals surface area contributed by atoms with E-state index in [2.05, 4.69) is 26.6 Å². The van der Waals surface area contributed by atoms with Gasteiger partial charge in [0.2, 0.25) is 0 Å². The average molecular weight is 356 g/mol. The van der Waals surface area contributed by atoms with E-state index in [0.29, 0.717) is 0 Å². The van der Waals surface area contributed by atoms with Gasteiger partial charge in [0.25, 0.3) is 0 Å². The summed E-state index contributed by atoms with van der Waals surface area (Å²) in [4.78, 5) is 9.66. The second-order valence-electron chi connectivity index (χ2n) is 5.11. The molecular weight excluding hydrogens is 342 g/mol. The lowest BCUT2D eigenvalue weighted by molar-refractivity contribution is 0.415. The summed E-state index contributed by atoms with van der Waals surface area (Å²) >= 11 is 3.53. The van der Waals surface area contributed by atoms with Crippen LogP contribution in [0.1, 0.15) is 0 Å². The smallest absolute Gasteiger partial charge is 0.160 e. The Morgan fingerprint density at radius 1 is 1.09 bits per heavy atom. The Hall–Kier alpha value is -2.14. The molecule has 0 atom stereocenters. The van der Waals surface area contributed by atoms with Gasteiger partial charge in [-0.05, 0) is 30.3 Å². The fourth-order valence-corrected chi connectivity index (χ4v) is 3.21. The van der Waals surface area contributed by atoms with Gasteiger partial charge in [0.15, 0.2) is 5.65 Å². The molecule has 0 saturated carbocycles. The number of hydrogen-bond donors (Lipinski definition) is 0. The van der Waals surface area contributed by atoms with Gasteiger partial charge < -0.3 is 9.30 Å². The van der Waals surface area contributed by atoms with Crippen molar-refractivity contribution in [3.63, 3.8) is 0 Å². The molecule has 0 N–H and O–H groups in total. The molecule has 0 radical (unpaired) electrons. The third kappa shape index (κ3) is 1.96. The van der Waals surface area contributed by atoms with Crippen LogP contribution >= 0.6 is 15.9 Å². The molecule has 0 fully saturated rings. The lowest BCUT2D eigenvalue weighted by Gasteiger charge is -2.04. The highest BCUT2D eigenvalue weighted by Crippen LogP contribution is 2.31. The van der Waals surface area contributed by atoms with E-state index in [9.17, 15) is 0 Å². The van der Waals surface area contributed by atoms with Gasteiger partial charge in [-0.1, -0.05) is 28.1 Å². The number of ether oxygens (including phenoxy) is 1. The minimum Gasteiger partial charge on any atom is -0.497 e.